The van der Waals surface area contributed by atoms with Crippen LogP contribution in [-0.2, 0) is 11.4 Å². The van der Waals surface area contributed by atoms with Gasteiger partial charge >= 0.3 is 0 Å². The number of halogens is 2. The first-order chi connectivity index (χ1) is 18.2. The van der Waals surface area contributed by atoms with Crippen LogP contribution in [-0.4, -0.2) is 38.3 Å². The van der Waals surface area contributed by atoms with E-state index in [1.807, 2.05) is 26.0 Å². The van der Waals surface area contributed by atoms with E-state index >= 15 is 0 Å². The summed E-state index contributed by atoms with van der Waals surface area (Å²) in [6.45, 7) is 4.01. The SMILES string of the molecule is COc1ccc(C(=O)NC(C(=O)N/N=C/c2cc(Br)c(OCc3ccc(Cl)cc3)c(OC)c2)C(C)C)cc1. The van der Waals surface area contributed by atoms with E-state index in [0.717, 1.165) is 5.56 Å². The van der Waals surface area contributed by atoms with Crippen LogP contribution in [0.4, 0.5) is 0 Å². The molecule has 0 aliphatic rings. The van der Waals surface area contributed by atoms with Crippen molar-refractivity contribution < 1.29 is 23.8 Å². The van der Waals surface area contributed by atoms with Gasteiger partial charge in [0.15, 0.2) is 11.5 Å². The van der Waals surface area contributed by atoms with Gasteiger partial charge in [0.25, 0.3) is 11.8 Å². The molecule has 8 nitrogen and oxygen atoms in total. The normalized spacial score (nSPS) is 11.8. The van der Waals surface area contributed by atoms with Gasteiger partial charge in [-0.15, -0.1) is 0 Å². The van der Waals surface area contributed by atoms with E-state index in [-0.39, 0.29) is 11.8 Å². The molecule has 0 radical (unpaired) electrons. The molecule has 0 bridgehead atoms. The Bertz CT molecular complexity index is 1280. The minimum Gasteiger partial charge on any atom is -0.497 e. The Morgan fingerprint density at radius 1 is 1.03 bits per heavy atom. The van der Waals surface area contributed by atoms with E-state index in [4.69, 9.17) is 25.8 Å². The second-order valence-corrected chi connectivity index (χ2v) is 9.90. The number of carbonyl (C=O) groups excluding carboxylic acids is 2. The lowest BCUT2D eigenvalue weighted by Crippen LogP contribution is -2.48. The zero-order valence-corrected chi connectivity index (χ0v) is 23.8. The first-order valence-corrected chi connectivity index (χ1v) is 12.9. The lowest BCUT2D eigenvalue weighted by atomic mass is 10.0. The van der Waals surface area contributed by atoms with Crippen LogP contribution >= 0.6 is 27.5 Å². The van der Waals surface area contributed by atoms with Gasteiger partial charge in [-0.05, 0) is 81.5 Å². The Hall–Kier alpha value is -3.56. The van der Waals surface area contributed by atoms with Gasteiger partial charge in [0, 0.05) is 10.6 Å². The van der Waals surface area contributed by atoms with Gasteiger partial charge in [-0.25, -0.2) is 5.43 Å². The summed E-state index contributed by atoms with van der Waals surface area (Å²) in [4.78, 5) is 25.5. The van der Waals surface area contributed by atoms with E-state index < -0.39 is 11.9 Å². The molecule has 38 heavy (non-hydrogen) atoms. The Morgan fingerprint density at radius 2 is 1.71 bits per heavy atom. The third-order valence-corrected chi connectivity index (χ3v) is 6.37. The highest BCUT2D eigenvalue weighted by molar-refractivity contribution is 9.10. The molecule has 200 valence electrons. The average molecular weight is 603 g/mol. The van der Waals surface area contributed by atoms with Crippen molar-refractivity contribution in [3.05, 3.63) is 86.8 Å². The van der Waals surface area contributed by atoms with Gasteiger partial charge in [-0.1, -0.05) is 37.6 Å². The monoisotopic (exact) mass is 601 g/mol. The predicted octanol–water partition coefficient (Wildman–Crippen LogP) is 5.60. The van der Waals surface area contributed by atoms with Gasteiger partial charge in [0.05, 0.1) is 24.9 Å². The molecule has 0 saturated heterocycles. The van der Waals surface area contributed by atoms with Crippen LogP contribution in [0.2, 0.25) is 5.02 Å². The summed E-state index contributed by atoms with van der Waals surface area (Å²) in [7, 11) is 3.09. The summed E-state index contributed by atoms with van der Waals surface area (Å²) in [6.07, 6.45) is 1.48. The largest absolute Gasteiger partial charge is 0.497 e. The Kier molecular flexibility index (Phi) is 10.6. The maximum atomic E-state index is 12.8. The summed E-state index contributed by atoms with van der Waals surface area (Å²) in [5, 5.41) is 7.50. The number of methoxy groups -OCH3 is 2. The number of hydrogen-bond acceptors (Lipinski definition) is 6. The van der Waals surface area contributed by atoms with Gasteiger partial charge < -0.3 is 19.5 Å². The van der Waals surface area contributed by atoms with E-state index in [9.17, 15) is 9.59 Å². The van der Waals surface area contributed by atoms with Gasteiger partial charge in [0.2, 0.25) is 0 Å². The average Bonchev–Trinajstić information content (AvgIpc) is 2.91. The number of nitrogens with one attached hydrogen (secondary N) is 2. The number of hydrazone groups is 1. The van der Waals surface area contributed by atoms with Crippen LogP contribution in [0.25, 0.3) is 0 Å². The van der Waals surface area contributed by atoms with E-state index in [1.165, 1.54) is 6.21 Å². The van der Waals surface area contributed by atoms with Crippen LogP contribution in [0.5, 0.6) is 17.2 Å². The first kappa shape index (κ1) is 29.0. The first-order valence-electron chi connectivity index (χ1n) is 11.7. The van der Waals surface area contributed by atoms with E-state index in [1.54, 1.807) is 62.8 Å². The number of ether oxygens (including phenoxy) is 3. The van der Waals surface area contributed by atoms with E-state index in [0.29, 0.717) is 44.5 Å². The zero-order chi connectivity index (χ0) is 27.7. The molecule has 0 aromatic heterocycles. The van der Waals surface area contributed by atoms with Crippen molar-refractivity contribution in [2.75, 3.05) is 14.2 Å². The molecule has 0 fully saturated rings. The lowest BCUT2D eigenvalue weighted by Gasteiger charge is -2.20. The number of benzene rings is 3. The summed E-state index contributed by atoms with van der Waals surface area (Å²) >= 11 is 9.46. The fraction of sp³-hybridized carbons (Fsp3) is 0.250. The topological polar surface area (TPSA) is 98.2 Å². The highest BCUT2D eigenvalue weighted by Gasteiger charge is 2.24. The smallest absolute Gasteiger partial charge is 0.262 e. The number of rotatable bonds is 11. The van der Waals surface area contributed by atoms with Crippen molar-refractivity contribution >= 4 is 45.6 Å². The minimum absolute atomic E-state index is 0.168. The molecule has 2 N–H and O–H groups in total. The number of nitrogens with zero attached hydrogens (tertiary/aromatic N) is 1. The minimum atomic E-state index is -0.785. The molecule has 0 saturated carbocycles. The second-order valence-electron chi connectivity index (χ2n) is 8.61. The molecular weight excluding hydrogens is 574 g/mol. The summed E-state index contributed by atoms with van der Waals surface area (Å²) in [5.41, 5.74) is 4.54. The molecule has 1 atom stereocenters. The second kappa shape index (κ2) is 13.8. The molecule has 0 aliphatic heterocycles. The fourth-order valence-corrected chi connectivity index (χ4v) is 4.13. The molecule has 2 amide bonds. The van der Waals surface area contributed by atoms with Crippen molar-refractivity contribution in [3.63, 3.8) is 0 Å². The Balaban J connectivity index is 1.64. The standard InChI is InChI=1S/C28H29BrClN3O5/c1-17(2)25(32-27(34)20-7-11-22(36-3)12-8-20)28(35)33-31-15-19-13-23(29)26(24(14-19)37-4)38-16-18-5-9-21(30)10-6-18/h5-15,17,25H,16H2,1-4H3,(H,32,34)(H,33,35)/b31-15+. The van der Waals surface area contributed by atoms with Crippen molar-refractivity contribution in [2.24, 2.45) is 11.0 Å². The molecule has 0 heterocycles. The molecule has 10 heteroatoms. The number of amides is 2. The highest BCUT2D eigenvalue weighted by Crippen LogP contribution is 2.37. The molecule has 1 unspecified atom stereocenters. The molecular formula is C28H29BrClN3O5. The van der Waals surface area contributed by atoms with Crippen molar-refractivity contribution in [2.45, 2.75) is 26.5 Å². The highest BCUT2D eigenvalue weighted by atomic mass is 79.9. The number of hydrogen-bond donors (Lipinski definition) is 2. The molecule has 3 aromatic carbocycles. The van der Waals surface area contributed by atoms with Crippen LogP contribution in [0.1, 0.15) is 35.3 Å². The zero-order valence-electron chi connectivity index (χ0n) is 21.5. The van der Waals surface area contributed by atoms with Gasteiger partial charge in [0.1, 0.15) is 18.4 Å². The van der Waals surface area contributed by atoms with Gasteiger partial charge in [-0.3, -0.25) is 9.59 Å². The van der Waals surface area contributed by atoms with Crippen LogP contribution in [0.15, 0.2) is 70.2 Å². The van der Waals surface area contributed by atoms with Gasteiger partial charge in [-0.2, -0.15) is 5.10 Å². The van der Waals surface area contributed by atoms with Crippen molar-refractivity contribution in [1.29, 1.82) is 0 Å². The molecule has 0 spiro atoms. The van der Waals surface area contributed by atoms with Crippen LogP contribution < -0.4 is 25.0 Å². The maximum Gasteiger partial charge on any atom is 0.262 e. The summed E-state index contributed by atoms with van der Waals surface area (Å²) in [6, 6.07) is 16.8. The van der Waals surface area contributed by atoms with Crippen LogP contribution in [0, 0.1) is 5.92 Å². The lowest BCUT2D eigenvalue weighted by molar-refractivity contribution is -0.123. The predicted molar refractivity (Wildman–Crippen MR) is 151 cm³/mol. The molecule has 3 rings (SSSR count). The van der Waals surface area contributed by atoms with Crippen molar-refractivity contribution in [1.82, 2.24) is 10.7 Å². The quantitative estimate of drug-likeness (QED) is 0.220. The van der Waals surface area contributed by atoms with Crippen LogP contribution in [0.3, 0.4) is 0 Å². The fourth-order valence-electron chi connectivity index (χ4n) is 3.43. The molecule has 3 aromatic rings. The Labute approximate surface area is 235 Å². The summed E-state index contributed by atoms with van der Waals surface area (Å²) < 4.78 is 17.2. The summed E-state index contributed by atoms with van der Waals surface area (Å²) in [5.74, 6) is 0.690. The van der Waals surface area contributed by atoms with E-state index in [2.05, 4.69) is 31.8 Å². The number of carbonyl (C=O) groups is 2. The maximum absolute atomic E-state index is 12.8. The van der Waals surface area contributed by atoms with Crippen molar-refractivity contribution in [3.8, 4) is 17.2 Å². The molecule has 0 aliphatic carbocycles. The Morgan fingerprint density at radius 3 is 2.32 bits per heavy atom. The third kappa shape index (κ3) is 7.97. The third-order valence-electron chi connectivity index (χ3n) is 5.52.